The molecule has 0 saturated carbocycles. The van der Waals surface area contributed by atoms with Crippen LogP contribution in [0.2, 0.25) is 0 Å². The second-order valence-electron chi connectivity index (χ2n) is 2.83. The van der Waals surface area contributed by atoms with Crippen LogP contribution >= 0.6 is 15.9 Å². The highest BCUT2D eigenvalue weighted by molar-refractivity contribution is 9.09. The Morgan fingerprint density at radius 1 is 1.31 bits per heavy atom. The van der Waals surface area contributed by atoms with Crippen LogP contribution in [0.3, 0.4) is 0 Å². The molecule has 0 aliphatic carbocycles. The number of hydrogen-bond donors (Lipinski definition) is 1. The molecule has 5 nitrogen and oxygen atoms in total. The van der Waals surface area contributed by atoms with Crippen molar-refractivity contribution in [1.82, 2.24) is 4.72 Å². The molecule has 1 atom stereocenters. The molecule has 0 aromatic carbocycles. The van der Waals surface area contributed by atoms with Gasteiger partial charge in [-0.15, -0.1) is 0 Å². The van der Waals surface area contributed by atoms with Gasteiger partial charge in [0.1, 0.15) is 0 Å². The zero-order chi connectivity index (χ0) is 10.7. The van der Waals surface area contributed by atoms with Crippen molar-refractivity contribution in [3.05, 3.63) is 0 Å². The molecule has 0 aromatic heterocycles. The summed E-state index contributed by atoms with van der Waals surface area (Å²) in [5.74, 6) is 0. The molecule has 0 spiro atoms. The Morgan fingerprint density at radius 2 is 1.77 bits per heavy atom. The van der Waals surface area contributed by atoms with Crippen LogP contribution in [0.15, 0.2) is 0 Å². The van der Waals surface area contributed by atoms with E-state index in [2.05, 4.69) is 20.7 Å². The lowest BCUT2D eigenvalue weighted by atomic mass is 10.4. The Balaban J connectivity index is 4.45. The lowest BCUT2D eigenvalue weighted by Crippen LogP contribution is -2.37. The van der Waals surface area contributed by atoms with E-state index < -0.39 is 24.9 Å². The van der Waals surface area contributed by atoms with Gasteiger partial charge in [-0.25, -0.2) is 21.6 Å². The molecule has 0 heterocycles. The first-order valence-electron chi connectivity index (χ1n) is 3.40. The van der Waals surface area contributed by atoms with Crippen molar-refractivity contribution in [3.8, 4) is 0 Å². The lowest BCUT2D eigenvalue weighted by Gasteiger charge is -2.09. The van der Waals surface area contributed by atoms with Gasteiger partial charge in [0.2, 0.25) is 10.0 Å². The van der Waals surface area contributed by atoms with Gasteiger partial charge in [-0.1, -0.05) is 15.9 Å². The minimum atomic E-state index is -3.72. The third-order valence-electron chi connectivity index (χ3n) is 0.981. The SMILES string of the molecule is CC(CBr)NS(=O)(=O)CS(C)(=O)=O. The van der Waals surface area contributed by atoms with Crippen LogP contribution in [0.1, 0.15) is 6.92 Å². The van der Waals surface area contributed by atoms with E-state index in [-0.39, 0.29) is 6.04 Å². The zero-order valence-electron chi connectivity index (χ0n) is 7.32. The normalized spacial score (nSPS) is 15.6. The molecule has 0 rings (SSSR count). The molecule has 0 aromatic rings. The molecule has 8 heteroatoms. The van der Waals surface area contributed by atoms with Gasteiger partial charge in [0.25, 0.3) is 0 Å². The molecule has 80 valence electrons. The van der Waals surface area contributed by atoms with Crippen molar-refractivity contribution < 1.29 is 16.8 Å². The maximum atomic E-state index is 11.1. The zero-order valence-corrected chi connectivity index (χ0v) is 10.5. The van der Waals surface area contributed by atoms with E-state index >= 15 is 0 Å². The largest absolute Gasteiger partial charge is 0.228 e. The Hall–Kier alpha value is 0.340. The minimum Gasteiger partial charge on any atom is -0.228 e. The number of alkyl halides is 1. The van der Waals surface area contributed by atoms with Crippen molar-refractivity contribution >= 4 is 35.8 Å². The minimum absolute atomic E-state index is 0.313. The third-order valence-corrected chi connectivity index (χ3v) is 5.67. The molecule has 1 unspecified atom stereocenters. The summed E-state index contributed by atoms with van der Waals surface area (Å²) >= 11 is 3.07. The fourth-order valence-electron chi connectivity index (χ4n) is 0.654. The predicted molar refractivity (Wildman–Crippen MR) is 55.0 cm³/mol. The lowest BCUT2D eigenvalue weighted by molar-refractivity contribution is 0.572. The first-order chi connectivity index (χ1) is 5.66. The summed E-state index contributed by atoms with van der Waals surface area (Å²) in [4.78, 5) is 0. The topological polar surface area (TPSA) is 80.3 Å². The van der Waals surface area contributed by atoms with Crippen LogP contribution in [-0.2, 0) is 19.9 Å². The first-order valence-corrected chi connectivity index (χ1v) is 8.23. The van der Waals surface area contributed by atoms with E-state index in [9.17, 15) is 16.8 Å². The fourth-order valence-corrected chi connectivity index (χ4v) is 4.25. The van der Waals surface area contributed by atoms with Gasteiger partial charge in [-0.05, 0) is 6.92 Å². The highest BCUT2D eigenvalue weighted by atomic mass is 79.9. The molecule has 0 aliphatic rings. The van der Waals surface area contributed by atoms with Crippen LogP contribution in [0.4, 0.5) is 0 Å². The quantitative estimate of drug-likeness (QED) is 0.705. The van der Waals surface area contributed by atoms with Crippen molar-refractivity contribution in [2.75, 3.05) is 16.7 Å². The maximum absolute atomic E-state index is 11.1. The first kappa shape index (κ1) is 13.3. The summed E-state index contributed by atoms with van der Waals surface area (Å²) in [5.41, 5.74) is 0. The van der Waals surface area contributed by atoms with Crippen molar-refractivity contribution in [2.24, 2.45) is 0 Å². The molecule has 0 amide bonds. The fraction of sp³-hybridized carbons (Fsp3) is 1.00. The van der Waals surface area contributed by atoms with Gasteiger partial charge in [0, 0.05) is 17.6 Å². The van der Waals surface area contributed by atoms with Crippen LogP contribution in [0.5, 0.6) is 0 Å². The molecule has 0 fully saturated rings. The number of sulfone groups is 1. The average Bonchev–Trinajstić information content (AvgIpc) is 1.80. The Bertz CT molecular complexity index is 347. The van der Waals surface area contributed by atoms with Crippen molar-refractivity contribution in [3.63, 3.8) is 0 Å². The maximum Gasteiger partial charge on any atom is 0.226 e. The molecule has 1 N–H and O–H groups in total. The number of hydrogen-bond acceptors (Lipinski definition) is 4. The van der Waals surface area contributed by atoms with Gasteiger partial charge in [-0.2, -0.15) is 0 Å². The monoisotopic (exact) mass is 293 g/mol. The van der Waals surface area contributed by atoms with Crippen LogP contribution in [-0.4, -0.2) is 39.5 Å². The number of halogens is 1. The molecular weight excluding hydrogens is 282 g/mol. The Morgan fingerprint density at radius 3 is 2.08 bits per heavy atom. The van der Waals surface area contributed by atoms with E-state index in [4.69, 9.17) is 0 Å². The molecule has 0 radical (unpaired) electrons. The van der Waals surface area contributed by atoms with Gasteiger partial charge in [0.15, 0.2) is 14.9 Å². The second kappa shape index (κ2) is 4.72. The smallest absolute Gasteiger partial charge is 0.226 e. The summed E-state index contributed by atoms with van der Waals surface area (Å²) in [5, 5.41) is -0.423. The summed E-state index contributed by atoms with van der Waals surface area (Å²) in [7, 11) is -7.22. The van der Waals surface area contributed by atoms with Gasteiger partial charge >= 0.3 is 0 Å². The second-order valence-corrected chi connectivity index (χ2v) is 7.74. The Labute approximate surface area is 87.0 Å². The number of rotatable bonds is 5. The van der Waals surface area contributed by atoms with Crippen molar-refractivity contribution in [1.29, 1.82) is 0 Å². The van der Waals surface area contributed by atoms with E-state index in [1.807, 2.05) is 0 Å². The highest BCUT2D eigenvalue weighted by Gasteiger charge is 2.19. The predicted octanol–water partition coefficient (Wildman–Crippen LogP) is -0.309. The summed E-state index contributed by atoms with van der Waals surface area (Å²) in [6.07, 6.45) is 0.880. The highest BCUT2D eigenvalue weighted by Crippen LogP contribution is 1.96. The molecular formula is C5H12BrNO4S2. The van der Waals surface area contributed by atoms with Gasteiger partial charge < -0.3 is 0 Å². The molecule has 0 saturated heterocycles. The third kappa shape index (κ3) is 7.41. The van der Waals surface area contributed by atoms with Crippen LogP contribution in [0.25, 0.3) is 0 Å². The average molecular weight is 294 g/mol. The Kier molecular flexibility index (Phi) is 4.84. The summed E-state index contributed by atoms with van der Waals surface area (Å²) in [6, 6.07) is -0.313. The van der Waals surface area contributed by atoms with Crippen LogP contribution < -0.4 is 4.72 Å². The molecule has 0 bridgehead atoms. The van der Waals surface area contributed by atoms with E-state index in [1.54, 1.807) is 6.92 Å². The summed E-state index contributed by atoms with van der Waals surface area (Å²) < 4.78 is 45.8. The van der Waals surface area contributed by atoms with Crippen molar-refractivity contribution in [2.45, 2.75) is 13.0 Å². The van der Waals surface area contributed by atoms with E-state index in [1.165, 1.54) is 0 Å². The molecule has 0 aliphatic heterocycles. The van der Waals surface area contributed by atoms with E-state index in [0.717, 1.165) is 6.26 Å². The number of nitrogens with one attached hydrogen (secondary N) is 1. The van der Waals surface area contributed by atoms with Crippen LogP contribution in [0, 0.1) is 0 Å². The molecule has 13 heavy (non-hydrogen) atoms. The van der Waals surface area contributed by atoms with Gasteiger partial charge in [0.05, 0.1) is 0 Å². The standard InChI is InChI=1S/C5H12BrNO4S2/c1-5(3-6)7-13(10,11)4-12(2,8)9/h5,7H,3-4H2,1-2H3. The summed E-state index contributed by atoms with van der Waals surface area (Å²) in [6.45, 7) is 1.63. The van der Waals surface area contributed by atoms with E-state index in [0.29, 0.717) is 5.33 Å². The number of sulfonamides is 1. The van der Waals surface area contributed by atoms with Gasteiger partial charge in [-0.3, -0.25) is 0 Å².